The molecule has 2 rings (SSSR count). The highest BCUT2D eigenvalue weighted by molar-refractivity contribution is 7.79. The fraction of sp³-hybridized carbons (Fsp3) is 0.667. The van der Waals surface area contributed by atoms with Gasteiger partial charge in [-0.25, -0.2) is 0 Å². The highest BCUT2D eigenvalue weighted by atomic mass is 32.3. The molecule has 0 radical (unpaired) electrons. The molecule has 0 aliphatic rings. The number of benzene rings is 2. The topological polar surface area (TPSA) is 156 Å². The standard InChI is InChI=1S/C20H34O2.C12H24.C8H10O2.2CH4.H2O4S/c1-3-5-6-7-8-9-10-11-12-13-14-18-19(21)16-15-17(4-2)20(18)22;1-3-5-7-9-11-12-10-8-6-4-2;1-2-6-3-4-7(9)5-8(6)10;;;1-5(2,3)4/h15-16,21-22H,3-14H2,1-2H3;3H,1,4-12H2,2H3;3-5,9-10H,2H2,1H3;2*1H4;(H2,1,2,3,4). The fourth-order valence-electron chi connectivity index (χ4n) is 5.27. The van der Waals surface area contributed by atoms with E-state index in [-0.39, 0.29) is 32.1 Å². The molecule has 51 heavy (non-hydrogen) atoms. The van der Waals surface area contributed by atoms with Crippen LogP contribution >= 0.6 is 0 Å². The SMILES string of the molecule is C.C.C=CCCCCCCCCCC.CCCCCCCCCCCCc1c(O)ccc(CC)c1O.CCc1ccc(O)cc1O.O=S(=O)(O)O. The molecule has 0 amide bonds. The molecule has 2 aromatic carbocycles. The molecule has 300 valence electrons. The summed E-state index contributed by atoms with van der Waals surface area (Å²) in [6.07, 6.45) is 29.9. The molecule has 0 aromatic heterocycles. The van der Waals surface area contributed by atoms with Crippen molar-refractivity contribution in [2.45, 2.75) is 184 Å². The lowest BCUT2D eigenvalue weighted by molar-refractivity contribution is 0.380. The van der Waals surface area contributed by atoms with E-state index < -0.39 is 10.4 Å². The predicted molar refractivity (Wildman–Crippen MR) is 219 cm³/mol. The van der Waals surface area contributed by atoms with Crippen molar-refractivity contribution in [1.82, 2.24) is 0 Å². The van der Waals surface area contributed by atoms with Gasteiger partial charge in [0.1, 0.15) is 23.0 Å². The first kappa shape index (κ1) is 55.0. The number of aryl methyl sites for hydroxylation is 2. The summed E-state index contributed by atoms with van der Waals surface area (Å²) in [5.41, 5.74) is 2.52. The highest BCUT2D eigenvalue weighted by Crippen LogP contribution is 2.32. The van der Waals surface area contributed by atoms with E-state index in [0.717, 1.165) is 42.4 Å². The van der Waals surface area contributed by atoms with Crippen molar-refractivity contribution in [3.63, 3.8) is 0 Å². The van der Waals surface area contributed by atoms with Gasteiger partial charge in [0.25, 0.3) is 0 Å². The normalized spacial score (nSPS) is 10.2. The van der Waals surface area contributed by atoms with Crippen LogP contribution < -0.4 is 0 Å². The van der Waals surface area contributed by atoms with E-state index in [1.807, 2.05) is 26.0 Å². The number of hydrogen-bond donors (Lipinski definition) is 6. The Bertz CT molecular complexity index is 1170. The fourth-order valence-corrected chi connectivity index (χ4v) is 5.27. The lowest BCUT2D eigenvalue weighted by Gasteiger charge is -2.10. The largest absolute Gasteiger partial charge is 0.508 e. The zero-order valence-corrected chi connectivity index (χ0v) is 32.0. The highest BCUT2D eigenvalue weighted by Gasteiger charge is 2.10. The molecular weight excluding hydrogens is 665 g/mol. The van der Waals surface area contributed by atoms with Crippen LogP contribution in [0.5, 0.6) is 23.0 Å². The Morgan fingerprint density at radius 2 is 0.961 bits per heavy atom. The zero-order chi connectivity index (χ0) is 37.3. The van der Waals surface area contributed by atoms with Gasteiger partial charge in [0.15, 0.2) is 0 Å². The summed E-state index contributed by atoms with van der Waals surface area (Å²) in [4.78, 5) is 0. The van der Waals surface area contributed by atoms with E-state index in [2.05, 4.69) is 20.4 Å². The summed E-state index contributed by atoms with van der Waals surface area (Å²) < 4.78 is 31.6. The second-order valence-electron chi connectivity index (χ2n) is 12.5. The van der Waals surface area contributed by atoms with Crippen LogP contribution in [0.2, 0.25) is 0 Å². The Morgan fingerprint density at radius 3 is 1.35 bits per heavy atom. The average Bonchev–Trinajstić information content (AvgIpc) is 3.04. The Balaban J connectivity index is -0.000000322. The summed E-state index contributed by atoms with van der Waals surface area (Å²) >= 11 is 0. The molecule has 0 atom stereocenters. The number of phenolic OH excluding ortho intramolecular Hbond substituents is 4. The third kappa shape index (κ3) is 35.4. The summed E-state index contributed by atoms with van der Waals surface area (Å²) in [6.45, 7) is 12.2. The second-order valence-corrected chi connectivity index (χ2v) is 13.4. The molecule has 8 nitrogen and oxygen atoms in total. The van der Waals surface area contributed by atoms with Gasteiger partial charge in [-0.15, -0.1) is 6.58 Å². The molecule has 0 bridgehead atoms. The first-order valence-electron chi connectivity index (χ1n) is 18.7. The Kier molecular flexibility index (Phi) is 39.9. The molecule has 0 spiro atoms. The van der Waals surface area contributed by atoms with E-state index >= 15 is 0 Å². The quantitative estimate of drug-likeness (QED) is 0.0395. The van der Waals surface area contributed by atoms with Gasteiger partial charge in [-0.05, 0) is 61.8 Å². The molecule has 0 heterocycles. The maximum Gasteiger partial charge on any atom is 0.394 e. The molecule has 2 aromatic rings. The van der Waals surface area contributed by atoms with Crippen LogP contribution in [0, 0.1) is 0 Å². The minimum absolute atomic E-state index is 0. The summed E-state index contributed by atoms with van der Waals surface area (Å²) in [7, 11) is -4.67. The molecule has 0 unspecified atom stereocenters. The van der Waals surface area contributed by atoms with Crippen LogP contribution in [0.15, 0.2) is 43.0 Å². The van der Waals surface area contributed by atoms with Gasteiger partial charge in [0, 0.05) is 11.6 Å². The summed E-state index contributed by atoms with van der Waals surface area (Å²) in [5.74, 6) is 0.821. The molecule has 6 N–H and O–H groups in total. The molecule has 0 saturated heterocycles. The summed E-state index contributed by atoms with van der Waals surface area (Å²) in [6, 6.07) is 8.15. The van der Waals surface area contributed by atoms with Gasteiger partial charge in [-0.1, -0.05) is 163 Å². The first-order chi connectivity index (χ1) is 23.4. The maximum absolute atomic E-state index is 10.2. The number of phenols is 4. The molecule has 9 heteroatoms. The number of allylic oxidation sites excluding steroid dienone is 1. The monoisotopic (exact) mass is 743 g/mol. The Hall–Kier alpha value is -2.75. The van der Waals surface area contributed by atoms with E-state index in [9.17, 15) is 10.2 Å². The average molecular weight is 743 g/mol. The molecule has 0 saturated carbocycles. The van der Waals surface area contributed by atoms with Crippen LogP contribution in [-0.4, -0.2) is 37.9 Å². The molecule has 0 aliphatic carbocycles. The Labute approximate surface area is 314 Å². The smallest absolute Gasteiger partial charge is 0.394 e. The van der Waals surface area contributed by atoms with Crippen LogP contribution in [0.1, 0.15) is 181 Å². The van der Waals surface area contributed by atoms with Gasteiger partial charge in [0.05, 0.1) is 0 Å². The third-order valence-electron chi connectivity index (χ3n) is 8.21. The maximum atomic E-state index is 10.2. The number of unbranched alkanes of at least 4 members (excludes halogenated alkanes) is 17. The first-order valence-corrected chi connectivity index (χ1v) is 20.1. The number of rotatable bonds is 22. The van der Waals surface area contributed by atoms with Gasteiger partial charge in [-0.2, -0.15) is 8.42 Å². The van der Waals surface area contributed by atoms with Crippen molar-refractivity contribution in [1.29, 1.82) is 0 Å². The number of aromatic hydroxyl groups is 4. The van der Waals surface area contributed by atoms with Crippen LogP contribution in [0.25, 0.3) is 0 Å². The molecular formula is C42H78O8S. The van der Waals surface area contributed by atoms with Crippen LogP contribution in [-0.2, 0) is 29.7 Å². The predicted octanol–water partition coefficient (Wildman–Crippen LogP) is 13.1. The van der Waals surface area contributed by atoms with E-state index in [1.54, 1.807) is 18.2 Å². The van der Waals surface area contributed by atoms with Gasteiger partial charge < -0.3 is 20.4 Å². The molecule has 0 aliphatic heterocycles. The van der Waals surface area contributed by atoms with E-state index in [0.29, 0.717) is 5.75 Å². The second kappa shape index (κ2) is 37.0. The minimum Gasteiger partial charge on any atom is -0.508 e. The van der Waals surface area contributed by atoms with Crippen molar-refractivity contribution >= 4 is 10.4 Å². The third-order valence-corrected chi connectivity index (χ3v) is 8.21. The zero-order valence-electron chi connectivity index (χ0n) is 31.1. The van der Waals surface area contributed by atoms with Gasteiger partial charge >= 0.3 is 10.4 Å². The van der Waals surface area contributed by atoms with Crippen molar-refractivity contribution in [3.8, 4) is 23.0 Å². The van der Waals surface area contributed by atoms with Crippen molar-refractivity contribution in [2.24, 2.45) is 0 Å². The van der Waals surface area contributed by atoms with E-state index in [4.69, 9.17) is 27.7 Å². The Morgan fingerprint density at radius 1 is 0.569 bits per heavy atom. The van der Waals surface area contributed by atoms with Gasteiger partial charge in [-0.3, -0.25) is 9.11 Å². The van der Waals surface area contributed by atoms with Crippen molar-refractivity contribution < 1.29 is 37.9 Å². The summed E-state index contributed by atoms with van der Waals surface area (Å²) in [5, 5.41) is 38.1. The number of hydrogen-bond acceptors (Lipinski definition) is 6. The van der Waals surface area contributed by atoms with Crippen LogP contribution in [0.3, 0.4) is 0 Å². The lowest BCUT2D eigenvalue weighted by atomic mass is 9.99. The van der Waals surface area contributed by atoms with Crippen LogP contribution in [0.4, 0.5) is 0 Å². The van der Waals surface area contributed by atoms with Crippen molar-refractivity contribution in [2.75, 3.05) is 0 Å². The van der Waals surface area contributed by atoms with Gasteiger partial charge in [0.2, 0.25) is 0 Å². The lowest BCUT2D eigenvalue weighted by Crippen LogP contribution is -1.92. The molecule has 0 fully saturated rings. The van der Waals surface area contributed by atoms with Crippen molar-refractivity contribution in [3.05, 3.63) is 59.7 Å². The van der Waals surface area contributed by atoms with E-state index in [1.165, 1.54) is 122 Å². The minimum atomic E-state index is -4.67.